The topological polar surface area (TPSA) is 61.9 Å². The van der Waals surface area contributed by atoms with Crippen LogP contribution in [0, 0.1) is 0 Å². The third kappa shape index (κ3) is 5.45. The first-order chi connectivity index (χ1) is 13.2. The van der Waals surface area contributed by atoms with Gasteiger partial charge in [0.15, 0.2) is 0 Å². The van der Waals surface area contributed by atoms with Gasteiger partial charge in [-0.1, -0.05) is 6.92 Å². The normalized spacial score (nSPS) is 19.1. The number of ether oxygens (including phenoxy) is 1. The Morgan fingerprint density at radius 2 is 1.93 bits per heavy atom. The highest BCUT2D eigenvalue weighted by Gasteiger charge is 2.34. The molecule has 3 amide bonds. The summed E-state index contributed by atoms with van der Waals surface area (Å²) < 4.78 is 5.49. The number of hydrogen-bond acceptors (Lipinski definition) is 4. The summed E-state index contributed by atoms with van der Waals surface area (Å²) in [6.45, 7) is 5.68. The summed E-state index contributed by atoms with van der Waals surface area (Å²) in [5.74, 6) is 0.194. The molecule has 3 rings (SSSR count). The van der Waals surface area contributed by atoms with Gasteiger partial charge in [0.2, 0.25) is 5.91 Å². The van der Waals surface area contributed by atoms with Crippen LogP contribution in [0.5, 0.6) is 0 Å². The van der Waals surface area contributed by atoms with Crippen molar-refractivity contribution in [3.8, 4) is 0 Å². The van der Waals surface area contributed by atoms with E-state index in [1.165, 1.54) is 0 Å². The zero-order valence-corrected chi connectivity index (χ0v) is 17.0. The van der Waals surface area contributed by atoms with Crippen LogP contribution in [0.15, 0.2) is 16.8 Å². The van der Waals surface area contributed by atoms with Gasteiger partial charge in [0.1, 0.15) is 0 Å². The molecular formula is C20H31N3O3S. The van der Waals surface area contributed by atoms with Crippen molar-refractivity contribution < 1.29 is 14.3 Å². The fraction of sp³-hybridized carbons (Fsp3) is 0.700. The molecule has 0 saturated carbocycles. The summed E-state index contributed by atoms with van der Waals surface area (Å²) in [4.78, 5) is 29.4. The predicted octanol–water partition coefficient (Wildman–Crippen LogP) is 2.88. The van der Waals surface area contributed by atoms with Crippen LogP contribution in [0.2, 0.25) is 0 Å². The van der Waals surface area contributed by atoms with E-state index in [0.717, 1.165) is 64.0 Å². The Morgan fingerprint density at radius 1 is 1.22 bits per heavy atom. The number of piperidine rings is 1. The van der Waals surface area contributed by atoms with Gasteiger partial charge in [-0.2, -0.15) is 11.3 Å². The quantitative estimate of drug-likeness (QED) is 0.808. The summed E-state index contributed by atoms with van der Waals surface area (Å²) in [6, 6.07) is 2.51. The summed E-state index contributed by atoms with van der Waals surface area (Å²) in [7, 11) is 0. The molecule has 1 aromatic rings. The molecule has 2 fully saturated rings. The molecule has 0 spiro atoms. The monoisotopic (exact) mass is 393 g/mol. The van der Waals surface area contributed by atoms with Gasteiger partial charge in [-0.05, 0) is 54.5 Å². The van der Waals surface area contributed by atoms with E-state index in [-0.39, 0.29) is 24.0 Å². The van der Waals surface area contributed by atoms with Crippen molar-refractivity contribution in [3.05, 3.63) is 22.4 Å². The van der Waals surface area contributed by atoms with E-state index in [0.29, 0.717) is 13.0 Å². The highest BCUT2D eigenvalue weighted by molar-refractivity contribution is 7.08. The van der Waals surface area contributed by atoms with Gasteiger partial charge in [0, 0.05) is 44.9 Å². The van der Waals surface area contributed by atoms with Crippen LogP contribution in [0.3, 0.4) is 0 Å². The van der Waals surface area contributed by atoms with Crippen molar-refractivity contribution in [2.75, 3.05) is 32.8 Å². The van der Waals surface area contributed by atoms with E-state index in [9.17, 15) is 9.59 Å². The SMILES string of the molecule is CCCNC(=O)N(C1CCOCC1)C1CCN(C(=O)Cc2ccsc2)CC1. The summed E-state index contributed by atoms with van der Waals surface area (Å²) in [5.41, 5.74) is 1.09. The Labute approximate surface area is 165 Å². The van der Waals surface area contributed by atoms with Crippen molar-refractivity contribution in [2.45, 2.75) is 57.5 Å². The molecule has 0 atom stereocenters. The summed E-state index contributed by atoms with van der Waals surface area (Å²) in [6.07, 6.45) is 4.92. The van der Waals surface area contributed by atoms with Crippen LogP contribution in [-0.4, -0.2) is 66.7 Å². The maximum atomic E-state index is 12.8. The number of urea groups is 1. The number of amides is 3. The highest BCUT2D eigenvalue weighted by Crippen LogP contribution is 2.24. The standard InChI is InChI=1S/C20H31N3O3S/c1-2-8-21-20(25)23(18-5-11-26-12-6-18)17-3-9-22(10-4-17)19(24)14-16-7-13-27-15-16/h7,13,15,17-18H,2-6,8-12,14H2,1H3,(H,21,25). The lowest BCUT2D eigenvalue weighted by Gasteiger charge is -2.43. The third-order valence-electron chi connectivity index (χ3n) is 5.49. The zero-order chi connectivity index (χ0) is 19.1. The van der Waals surface area contributed by atoms with Crippen molar-refractivity contribution in [1.29, 1.82) is 0 Å². The van der Waals surface area contributed by atoms with Gasteiger partial charge in [-0.25, -0.2) is 4.79 Å². The molecule has 2 aliphatic heterocycles. The molecule has 0 radical (unpaired) electrons. The molecule has 1 aromatic heterocycles. The average Bonchev–Trinajstić information content (AvgIpc) is 3.21. The Balaban J connectivity index is 1.57. The molecule has 2 aliphatic rings. The van der Waals surface area contributed by atoms with Gasteiger partial charge >= 0.3 is 6.03 Å². The molecule has 27 heavy (non-hydrogen) atoms. The Morgan fingerprint density at radius 3 is 2.56 bits per heavy atom. The minimum atomic E-state index is 0.0480. The largest absolute Gasteiger partial charge is 0.381 e. The van der Waals surface area contributed by atoms with Crippen LogP contribution >= 0.6 is 11.3 Å². The molecule has 2 saturated heterocycles. The van der Waals surface area contributed by atoms with E-state index in [1.54, 1.807) is 11.3 Å². The van der Waals surface area contributed by atoms with Gasteiger partial charge in [0.05, 0.1) is 6.42 Å². The molecule has 0 bridgehead atoms. The van der Waals surface area contributed by atoms with Crippen LogP contribution < -0.4 is 5.32 Å². The number of nitrogens with zero attached hydrogens (tertiary/aromatic N) is 2. The van der Waals surface area contributed by atoms with E-state index in [1.807, 2.05) is 21.7 Å². The van der Waals surface area contributed by atoms with Crippen LogP contribution in [-0.2, 0) is 16.0 Å². The van der Waals surface area contributed by atoms with Crippen molar-refractivity contribution >= 4 is 23.3 Å². The van der Waals surface area contributed by atoms with Crippen LogP contribution in [0.1, 0.15) is 44.6 Å². The van der Waals surface area contributed by atoms with Gasteiger partial charge in [-0.3, -0.25) is 4.79 Å². The Bertz CT molecular complexity index is 594. The minimum absolute atomic E-state index is 0.0480. The molecule has 150 valence electrons. The number of thiophene rings is 1. The first-order valence-electron chi connectivity index (χ1n) is 10.1. The number of rotatable bonds is 6. The first-order valence-corrected chi connectivity index (χ1v) is 11.1. The van der Waals surface area contributed by atoms with E-state index >= 15 is 0 Å². The minimum Gasteiger partial charge on any atom is -0.381 e. The Kier molecular flexibility index (Phi) is 7.52. The summed E-state index contributed by atoms with van der Waals surface area (Å²) in [5, 5.41) is 7.10. The van der Waals surface area contributed by atoms with Crippen LogP contribution in [0.4, 0.5) is 4.79 Å². The molecule has 3 heterocycles. The fourth-order valence-electron chi connectivity index (χ4n) is 3.99. The molecule has 0 aromatic carbocycles. The third-order valence-corrected chi connectivity index (χ3v) is 6.22. The second-order valence-electron chi connectivity index (χ2n) is 7.40. The maximum Gasteiger partial charge on any atom is 0.317 e. The van der Waals surface area contributed by atoms with Crippen molar-refractivity contribution in [2.24, 2.45) is 0 Å². The van der Waals surface area contributed by atoms with Gasteiger partial charge in [0.25, 0.3) is 0 Å². The lowest BCUT2D eigenvalue weighted by Crippen LogP contribution is -2.56. The Hall–Kier alpha value is -1.60. The molecule has 7 heteroatoms. The lowest BCUT2D eigenvalue weighted by molar-refractivity contribution is -0.132. The fourth-order valence-corrected chi connectivity index (χ4v) is 4.66. The highest BCUT2D eigenvalue weighted by atomic mass is 32.1. The van der Waals surface area contributed by atoms with Crippen molar-refractivity contribution in [3.63, 3.8) is 0 Å². The number of carbonyl (C=O) groups excluding carboxylic acids is 2. The average molecular weight is 394 g/mol. The first kappa shape index (κ1) is 20.1. The molecule has 0 unspecified atom stereocenters. The smallest absolute Gasteiger partial charge is 0.317 e. The number of likely N-dealkylation sites (tertiary alicyclic amines) is 1. The molecule has 1 N–H and O–H groups in total. The number of hydrogen-bond donors (Lipinski definition) is 1. The molecule has 6 nitrogen and oxygen atoms in total. The second-order valence-corrected chi connectivity index (χ2v) is 8.18. The van der Waals surface area contributed by atoms with Crippen molar-refractivity contribution in [1.82, 2.24) is 15.1 Å². The van der Waals surface area contributed by atoms with Crippen LogP contribution in [0.25, 0.3) is 0 Å². The second kappa shape index (κ2) is 10.1. The van der Waals surface area contributed by atoms with Gasteiger partial charge in [-0.15, -0.1) is 0 Å². The van der Waals surface area contributed by atoms with E-state index < -0.39 is 0 Å². The lowest BCUT2D eigenvalue weighted by atomic mass is 9.98. The zero-order valence-electron chi connectivity index (χ0n) is 16.2. The molecule has 0 aliphatic carbocycles. The van der Waals surface area contributed by atoms with Gasteiger partial charge < -0.3 is 19.9 Å². The summed E-state index contributed by atoms with van der Waals surface area (Å²) >= 11 is 1.63. The number of carbonyl (C=O) groups is 2. The maximum absolute atomic E-state index is 12.8. The van der Waals surface area contributed by atoms with E-state index in [4.69, 9.17) is 4.74 Å². The van der Waals surface area contributed by atoms with E-state index in [2.05, 4.69) is 17.1 Å². The molecular weight excluding hydrogens is 362 g/mol. The predicted molar refractivity (Wildman–Crippen MR) is 107 cm³/mol. The number of nitrogens with one attached hydrogen (secondary N) is 1.